The lowest BCUT2D eigenvalue weighted by Gasteiger charge is -2.14. The number of hydrogen-bond acceptors (Lipinski definition) is 5. The van der Waals surface area contributed by atoms with Crippen molar-refractivity contribution < 1.29 is 18.7 Å². The zero-order valence-electron chi connectivity index (χ0n) is 13.5. The lowest BCUT2D eigenvalue weighted by Crippen LogP contribution is -2.17. The topological polar surface area (TPSA) is 47.6 Å². The van der Waals surface area contributed by atoms with Crippen molar-refractivity contribution in [2.24, 2.45) is 0 Å². The Balaban J connectivity index is 1.86. The fraction of sp³-hybridized carbons (Fsp3) is 0.111. The Morgan fingerprint density at radius 3 is 2.77 bits per heavy atom. The van der Waals surface area contributed by atoms with E-state index in [1.54, 1.807) is 36.4 Å². The largest absolute Gasteiger partial charge is 0.493 e. The molecule has 1 N–H and O–H groups in total. The Kier molecular flexibility index (Phi) is 5.80. The fourth-order valence-corrected chi connectivity index (χ4v) is 3.62. The van der Waals surface area contributed by atoms with Gasteiger partial charge in [-0.05, 0) is 29.8 Å². The zero-order chi connectivity index (χ0) is 18.7. The summed E-state index contributed by atoms with van der Waals surface area (Å²) in [5.41, 5.74) is 1.07. The Bertz CT molecular complexity index is 917. The Labute approximate surface area is 164 Å². The maximum atomic E-state index is 13.7. The highest BCUT2D eigenvalue weighted by Gasteiger charge is 2.22. The molecule has 0 unspecified atom stereocenters. The minimum absolute atomic E-state index is 0.00964. The van der Waals surface area contributed by atoms with Crippen LogP contribution in [0.25, 0.3) is 6.08 Å². The molecule has 0 bridgehead atoms. The third-order valence-electron chi connectivity index (χ3n) is 3.52. The molecule has 0 atom stereocenters. The standard InChI is InChI=1S/C18H13ClFNO3S2/c1-23-14-7-10(8-15-17(22)21-18(25)26-15)6-12(19)16(14)24-9-11-4-2-3-5-13(11)20/h2-8H,9H2,1H3,(H,21,22,25)/b15-8+. The second-order valence-electron chi connectivity index (χ2n) is 5.27. The average molecular weight is 410 g/mol. The summed E-state index contributed by atoms with van der Waals surface area (Å²) < 4.78 is 25.1. The van der Waals surface area contributed by atoms with E-state index in [0.29, 0.717) is 36.9 Å². The molecule has 0 spiro atoms. The number of methoxy groups -OCH3 is 1. The highest BCUT2D eigenvalue weighted by molar-refractivity contribution is 8.26. The number of benzene rings is 2. The van der Waals surface area contributed by atoms with Crippen LogP contribution in [0, 0.1) is 5.82 Å². The van der Waals surface area contributed by atoms with Gasteiger partial charge in [-0.2, -0.15) is 0 Å². The predicted octanol–water partition coefficient (Wildman–Crippen LogP) is 4.56. The van der Waals surface area contributed by atoms with Gasteiger partial charge >= 0.3 is 0 Å². The molecule has 3 rings (SSSR count). The molecular weight excluding hydrogens is 397 g/mol. The van der Waals surface area contributed by atoms with Crippen molar-refractivity contribution in [3.8, 4) is 11.5 Å². The van der Waals surface area contributed by atoms with Gasteiger partial charge in [-0.15, -0.1) is 0 Å². The first-order valence-corrected chi connectivity index (χ1v) is 9.07. The van der Waals surface area contributed by atoms with Gasteiger partial charge in [0.15, 0.2) is 11.5 Å². The smallest absolute Gasteiger partial charge is 0.263 e. The number of nitrogens with one attached hydrogen (secondary N) is 1. The predicted molar refractivity (Wildman–Crippen MR) is 105 cm³/mol. The minimum atomic E-state index is -0.357. The van der Waals surface area contributed by atoms with Gasteiger partial charge in [0.05, 0.1) is 17.0 Å². The molecule has 8 heteroatoms. The van der Waals surface area contributed by atoms with Gasteiger partial charge in [-0.3, -0.25) is 4.79 Å². The Hall–Kier alpha value is -2.09. The van der Waals surface area contributed by atoms with Crippen LogP contribution in [0.4, 0.5) is 4.39 Å². The van der Waals surface area contributed by atoms with Gasteiger partial charge in [0.1, 0.15) is 16.7 Å². The quantitative estimate of drug-likeness (QED) is 0.579. The van der Waals surface area contributed by atoms with E-state index in [1.807, 2.05) is 0 Å². The van der Waals surface area contributed by atoms with Gasteiger partial charge in [-0.25, -0.2) is 4.39 Å². The molecule has 134 valence electrons. The van der Waals surface area contributed by atoms with Crippen LogP contribution in [0.5, 0.6) is 11.5 Å². The maximum absolute atomic E-state index is 13.7. The van der Waals surface area contributed by atoms with E-state index in [9.17, 15) is 9.18 Å². The van der Waals surface area contributed by atoms with Crippen LogP contribution in [0.15, 0.2) is 41.3 Å². The first kappa shape index (κ1) is 18.7. The molecule has 1 fully saturated rings. The summed E-state index contributed by atoms with van der Waals surface area (Å²) >= 11 is 12.4. The second-order valence-corrected chi connectivity index (χ2v) is 7.39. The maximum Gasteiger partial charge on any atom is 0.263 e. The molecule has 1 saturated heterocycles. The molecule has 26 heavy (non-hydrogen) atoms. The highest BCUT2D eigenvalue weighted by Crippen LogP contribution is 2.38. The second kappa shape index (κ2) is 8.07. The van der Waals surface area contributed by atoms with E-state index in [2.05, 4.69) is 5.32 Å². The number of carbonyl (C=O) groups excluding carboxylic acids is 1. The Morgan fingerprint density at radius 2 is 2.12 bits per heavy atom. The molecule has 0 saturated carbocycles. The highest BCUT2D eigenvalue weighted by atomic mass is 35.5. The number of hydrogen-bond donors (Lipinski definition) is 1. The van der Waals surface area contributed by atoms with Crippen molar-refractivity contribution in [2.45, 2.75) is 6.61 Å². The first-order valence-electron chi connectivity index (χ1n) is 7.46. The van der Waals surface area contributed by atoms with Crippen molar-refractivity contribution in [1.29, 1.82) is 0 Å². The number of rotatable bonds is 5. The first-order chi connectivity index (χ1) is 12.5. The van der Waals surface area contributed by atoms with Crippen molar-refractivity contribution in [3.05, 3.63) is 63.3 Å². The summed E-state index contributed by atoms with van der Waals surface area (Å²) in [5.74, 6) is 0.0736. The molecule has 0 aromatic heterocycles. The molecule has 0 aliphatic carbocycles. The molecule has 0 radical (unpaired) electrons. The zero-order valence-corrected chi connectivity index (χ0v) is 15.9. The van der Waals surface area contributed by atoms with Crippen LogP contribution in [-0.2, 0) is 11.4 Å². The molecule has 1 amide bonds. The SMILES string of the molecule is COc1cc(/C=C2/SC(=S)NC2=O)cc(Cl)c1OCc1ccccc1F. The van der Waals surface area contributed by atoms with Crippen molar-refractivity contribution in [3.63, 3.8) is 0 Å². The van der Waals surface area contributed by atoms with Crippen molar-refractivity contribution >= 4 is 51.9 Å². The molecule has 1 heterocycles. The molecule has 2 aromatic rings. The van der Waals surface area contributed by atoms with Gasteiger partial charge in [0, 0.05) is 5.56 Å². The van der Waals surface area contributed by atoms with Crippen LogP contribution in [0.1, 0.15) is 11.1 Å². The van der Waals surface area contributed by atoms with Gasteiger partial charge in [0.25, 0.3) is 5.91 Å². The van der Waals surface area contributed by atoms with E-state index in [4.69, 9.17) is 33.3 Å². The number of thioether (sulfide) groups is 1. The summed E-state index contributed by atoms with van der Waals surface area (Å²) in [6.07, 6.45) is 1.66. The van der Waals surface area contributed by atoms with Crippen LogP contribution in [0.2, 0.25) is 5.02 Å². The van der Waals surface area contributed by atoms with E-state index >= 15 is 0 Å². The molecule has 1 aliphatic rings. The number of thiocarbonyl (C=S) groups is 1. The van der Waals surface area contributed by atoms with E-state index in [1.165, 1.54) is 24.9 Å². The lowest BCUT2D eigenvalue weighted by atomic mass is 10.1. The molecule has 4 nitrogen and oxygen atoms in total. The van der Waals surface area contributed by atoms with Gasteiger partial charge < -0.3 is 14.8 Å². The fourth-order valence-electron chi connectivity index (χ4n) is 2.30. The van der Waals surface area contributed by atoms with Gasteiger partial charge in [-0.1, -0.05) is 53.8 Å². The van der Waals surface area contributed by atoms with Crippen molar-refractivity contribution in [2.75, 3.05) is 7.11 Å². The summed E-state index contributed by atoms with van der Waals surface area (Å²) in [6, 6.07) is 9.66. The van der Waals surface area contributed by atoms with Crippen LogP contribution in [0.3, 0.4) is 0 Å². The van der Waals surface area contributed by atoms with E-state index < -0.39 is 0 Å². The molecule has 2 aromatic carbocycles. The number of amides is 1. The minimum Gasteiger partial charge on any atom is -0.493 e. The average Bonchev–Trinajstić information content (AvgIpc) is 2.92. The van der Waals surface area contributed by atoms with Crippen LogP contribution < -0.4 is 14.8 Å². The third kappa shape index (κ3) is 4.17. The summed E-state index contributed by atoms with van der Waals surface area (Å²) in [5, 5.41) is 2.84. The monoisotopic (exact) mass is 409 g/mol. The summed E-state index contributed by atoms with van der Waals surface area (Å²) in [7, 11) is 1.48. The van der Waals surface area contributed by atoms with Gasteiger partial charge in [0.2, 0.25) is 0 Å². The van der Waals surface area contributed by atoms with Crippen molar-refractivity contribution in [1.82, 2.24) is 5.32 Å². The number of carbonyl (C=O) groups is 1. The third-order valence-corrected chi connectivity index (χ3v) is 4.96. The molecule has 1 aliphatic heterocycles. The summed E-state index contributed by atoms with van der Waals surface area (Å²) in [4.78, 5) is 12.2. The molecular formula is C18H13ClFNO3S2. The number of halogens is 2. The van der Waals surface area contributed by atoms with E-state index in [-0.39, 0.29) is 18.3 Å². The normalized spacial score (nSPS) is 15.3. The number of ether oxygens (including phenoxy) is 2. The van der Waals surface area contributed by atoms with E-state index in [0.717, 1.165) is 0 Å². The van der Waals surface area contributed by atoms with Crippen LogP contribution >= 0.6 is 35.6 Å². The Morgan fingerprint density at radius 1 is 1.35 bits per heavy atom. The van der Waals surface area contributed by atoms with Crippen LogP contribution in [-0.4, -0.2) is 17.3 Å². The summed E-state index contributed by atoms with van der Waals surface area (Å²) in [6.45, 7) is 0.00964. The lowest BCUT2D eigenvalue weighted by molar-refractivity contribution is -0.115.